The molecule has 1 nitrogen and oxygen atoms in total. The van der Waals surface area contributed by atoms with Crippen LogP contribution in [0, 0.1) is 5.92 Å². The van der Waals surface area contributed by atoms with Gasteiger partial charge in [0.25, 0.3) is 0 Å². The third-order valence-electron chi connectivity index (χ3n) is 5.04. The average Bonchev–Trinajstić information content (AvgIpc) is 2.56. The minimum Gasteiger partial charge on any atom is -0.504 e. The van der Waals surface area contributed by atoms with Crippen molar-refractivity contribution in [1.82, 2.24) is 0 Å². The molecular weight excluding hydrogens is 296 g/mol. The predicted octanol–water partition coefficient (Wildman–Crippen LogP) is 5.66. The molecule has 23 heavy (non-hydrogen) atoms. The van der Waals surface area contributed by atoms with E-state index in [9.17, 15) is 0 Å². The smallest absolute Gasteiger partial charge is 0.0843 e. The van der Waals surface area contributed by atoms with Crippen LogP contribution in [0.15, 0.2) is 54.3 Å². The van der Waals surface area contributed by atoms with Gasteiger partial charge in [-0.2, -0.15) is 0 Å². The molecule has 0 aliphatic heterocycles. The highest BCUT2D eigenvalue weighted by atomic mass is 28.3. The minimum atomic E-state index is -1.30. The Morgan fingerprint density at radius 2 is 1.96 bits per heavy atom. The lowest BCUT2D eigenvalue weighted by Gasteiger charge is -2.23. The molecule has 0 N–H and O–H groups in total. The lowest BCUT2D eigenvalue weighted by Crippen LogP contribution is -2.40. The van der Waals surface area contributed by atoms with Crippen LogP contribution in [-0.2, 0) is 4.74 Å². The van der Waals surface area contributed by atoms with Crippen molar-refractivity contribution in [3.8, 4) is 0 Å². The van der Waals surface area contributed by atoms with Crippen LogP contribution in [0.25, 0.3) is 0 Å². The highest BCUT2D eigenvalue weighted by molar-refractivity contribution is 6.90. The third kappa shape index (κ3) is 6.02. The van der Waals surface area contributed by atoms with E-state index in [1.54, 1.807) is 12.3 Å². The molecule has 1 unspecified atom stereocenters. The first-order valence-corrected chi connectivity index (χ1v) is 12.2. The number of benzene rings is 1. The molecule has 0 heterocycles. The van der Waals surface area contributed by atoms with E-state index in [1.165, 1.54) is 50.1 Å². The zero-order valence-corrected chi connectivity index (χ0v) is 16.1. The molecular formula is C21H32OSi. The van der Waals surface area contributed by atoms with Crippen molar-refractivity contribution in [2.45, 2.75) is 57.7 Å². The zero-order valence-electron chi connectivity index (χ0n) is 15.1. The predicted molar refractivity (Wildman–Crippen MR) is 104 cm³/mol. The first kappa shape index (κ1) is 18.1. The Labute approximate surface area is 143 Å². The van der Waals surface area contributed by atoms with Gasteiger partial charge < -0.3 is 4.74 Å². The van der Waals surface area contributed by atoms with Crippen LogP contribution in [0.3, 0.4) is 0 Å². The van der Waals surface area contributed by atoms with Crippen LogP contribution < -0.4 is 5.19 Å². The number of methoxy groups -OCH3 is 1. The van der Waals surface area contributed by atoms with Crippen LogP contribution in [0.4, 0.5) is 0 Å². The summed E-state index contributed by atoms with van der Waals surface area (Å²) in [7, 11) is 0.459. The molecule has 126 valence electrons. The summed E-state index contributed by atoms with van der Waals surface area (Å²) in [5.41, 5.74) is 1.50. The number of allylic oxidation sites excluding steroid dienone is 3. The first-order valence-electron chi connectivity index (χ1n) is 9.03. The normalized spacial score (nSPS) is 21.0. The molecule has 2 heteroatoms. The van der Waals surface area contributed by atoms with Gasteiger partial charge >= 0.3 is 0 Å². The summed E-state index contributed by atoms with van der Waals surface area (Å²) in [4.78, 5) is 0. The molecule has 1 aromatic rings. The number of ether oxygens (including phenoxy) is 1. The van der Waals surface area contributed by atoms with E-state index in [2.05, 4.69) is 55.6 Å². The quantitative estimate of drug-likeness (QED) is 0.356. The minimum absolute atomic E-state index is 0.856. The molecule has 0 bridgehead atoms. The fourth-order valence-corrected chi connectivity index (χ4v) is 5.63. The van der Waals surface area contributed by atoms with Gasteiger partial charge in [-0.1, -0.05) is 60.8 Å². The topological polar surface area (TPSA) is 9.23 Å². The molecule has 0 spiro atoms. The number of hydrogen-bond acceptors (Lipinski definition) is 1. The Hall–Kier alpha value is -1.28. The molecule has 1 saturated carbocycles. The Morgan fingerprint density at radius 3 is 2.70 bits per heavy atom. The lowest BCUT2D eigenvalue weighted by atomic mass is 9.83. The summed E-state index contributed by atoms with van der Waals surface area (Å²) in [6.45, 7) is 4.94. The fraction of sp³-hybridized carbons (Fsp3) is 0.524. The lowest BCUT2D eigenvalue weighted by molar-refractivity contribution is 0.316. The highest BCUT2D eigenvalue weighted by Gasteiger charge is 2.21. The average molecular weight is 329 g/mol. The molecule has 1 aliphatic carbocycles. The molecule has 1 aromatic carbocycles. The molecule has 1 atom stereocenters. The van der Waals surface area contributed by atoms with E-state index < -0.39 is 8.07 Å². The standard InChI is InChI=1S/C21H32OSi/c1-22-18-20-13-10-12-19(17-20)11-6-5-9-16-23(2,3)21-14-7-4-8-15-21/h4-5,7-9,14-15,18-19H,6,10-13,16-17H2,1-3H3/b9-5+,20-18-. The molecule has 0 aromatic heterocycles. The van der Waals surface area contributed by atoms with Gasteiger partial charge in [0.2, 0.25) is 0 Å². The Balaban J connectivity index is 1.74. The van der Waals surface area contributed by atoms with Crippen molar-refractivity contribution in [2.24, 2.45) is 5.92 Å². The van der Waals surface area contributed by atoms with E-state index in [0.29, 0.717) is 0 Å². The second-order valence-corrected chi connectivity index (χ2v) is 12.2. The maximum Gasteiger partial charge on any atom is 0.0843 e. The molecule has 0 radical (unpaired) electrons. The van der Waals surface area contributed by atoms with Crippen LogP contribution >= 0.6 is 0 Å². The van der Waals surface area contributed by atoms with Gasteiger partial charge in [0.15, 0.2) is 0 Å². The maximum atomic E-state index is 5.18. The fourth-order valence-electron chi connectivity index (χ4n) is 3.55. The molecule has 1 aliphatic rings. The van der Waals surface area contributed by atoms with Crippen molar-refractivity contribution in [3.05, 3.63) is 54.3 Å². The largest absolute Gasteiger partial charge is 0.504 e. The van der Waals surface area contributed by atoms with Gasteiger partial charge in [0.05, 0.1) is 21.4 Å². The number of hydrogen-bond donors (Lipinski definition) is 0. The van der Waals surface area contributed by atoms with Crippen LogP contribution in [0.5, 0.6) is 0 Å². The summed E-state index contributed by atoms with van der Waals surface area (Å²) >= 11 is 0. The van der Waals surface area contributed by atoms with E-state index in [0.717, 1.165) is 5.92 Å². The Kier molecular flexibility index (Phi) is 7.16. The maximum absolute atomic E-state index is 5.18. The Morgan fingerprint density at radius 1 is 1.17 bits per heavy atom. The van der Waals surface area contributed by atoms with Crippen molar-refractivity contribution in [2.75, 3.05) is 7.11 Å². The SMILES string of the molecule is CO/C=C1/CCCC(CC/C=C/C[Si](C)(C)c2ccccc2)C1. The summed E-state index contributed by atoms with van der Waals surface area (Å²) in [6.07, 6.45) is 14.6. The van der Waals surface area contributed by atoms with Crippen molar-refractivity contribution < 1.29 is 4.74 Å². The molecule has 0 amide bonds. The van der Waals surface area contributed by atoms with Gasteiger partial charge in [0.1, 0.15) is 0 Å². The third-order valence-corrected chi connectivity index (χ3v) is 8.19. The van der Waals surface area contributed by atoms with Gasteiger partial charge in [-0.3, -0.25) is 0 Å². The van der Waals surface area contributed by atoms with Crippen LogP contribution in [0.2, 0.25) is 19.1 Å². The van der Waals surface area contributed by atoms with Crippen LogP contribution in [0.1, 0.15) is 38.5 Å². The van der Waals surface area contributed by atoms with Gasteiger partial charge in [-0.25, -0.2) is 0 Å². The second kappa shape index (κ2) is 9.12. The highest BCUT2D eigenvalue weighted by Crippen LogP contribution is 2.31. The molecule has 1 fully saturated rings. The van der Waals surface area contributed by atoms with E-state index >= 15 is 0 Å². The van der Waals surface area contributed by atoms with E-state index in [-0.39, 0.29) is 0 Å². The second-order valence-electron chi connectivity index (χ2n) is 7.48. The van der Waals surface area contributed by atoms with Crippen LogP contribution in [-0.4, -0.2) is 15.2 Å². The number of rotatable bonds is 7. The first-order chi connectivity index (χ1) is 11.1. The van der Waals surface area contributed by atoms with Crippen molar-refractivity contribution in [3.63, 3.8) is 0 Å². The van der Waals surface area contributed by atoms with Crippen molar-refractivity contribution in [1.29, 1.82) is 0 Å². The monoisotopic (exact) mass is 328 g/mol. The molecule has 0 saturated heterocycles. The van der Waals surface area contributed by atoms with Gasteiger partial charge in [-0.05, 0) is 56.1 Å². The van der Waals surface area contributed by atoms with Gasteiger partial charge in [0, 0.05) is 0 Å². The summed E-state index contributed by atoms with van der Waals surface area (Å²) in [6, 6.07) is 12.3. The Bertz CT molecular complexity index is 516. The zero-order chi connectivity index (χ0) is 16.5. The van der Waals surface area contributed by atoms with E-state index in [4.69, 9.17) is 4.74 Å². The van der Waals surface area contributed by atoms with Gasteiger partial charge in [-0.15, -0.1) is 0 Å². The summed E-state index contributed by atoms with van der Waals surface area (Å²) in [5, 5.41) is 1.56. The summed E-state index contributed by atoms with van der Waals surface area (Å²) in [5.74, 6) is 0.856. The van der Waals surface area contributed by atoms with E-state index in [1.807, 2.05) is 6.26 Å². The van der Waals surface area contributed by atoms with Crippen molar-refractivity contribution >= 4 is 13.3 Å². The summed E-state index contributed by atoms with van der Waals surface area (Å²) < 4.78 is 5.18. The molecule has 2 rings (SSSR count).